The number of carboxylic acids is 1. The molecule has 186 valence electrons. The molecule has 8 heteroatoms. The van der Waals surface area contributed by atoms with Gasteiger partial charge < -0.3 is 25.2 Å². The summed E-state index contributed by atoms with van der Waals surface area (Å²) < 4.78 is 11.4. The Hall–Kier alpha value is -3.39. The van der Waals surface area contributed by atoms with E-state index in [1.54, 1.807) is 13.8 Å². The van der Waals surface area contributed by atoms with Crippen LogP contribution in [0.4, 0.5) is 4.79 Å². The summed E-state index contributed by atoms with van der Waals surface area (Å²) in [7, 11) is 0. The van der Waals surface area contributed by atoms with Crippen molar-refractivity contribution in [3.05, 3.63) is 59.7 Å². The maximum atomic E-state index is 12.5. The van der Waals surface area contributed by atoms with Crippen LogP contribution in [0.5, 0.6) is 0 Å². The van der Waals surface area contributed by atoms with Crippen LogP contribution in [0, 0.1) is 0 Å². The van der Waals surface area contributed by atoms with Gasteiger partial charge in [-0.3, -0.25) is 9.59 Å². The Labute approximate surface area is 205 Å². The molecule has 2 aromatic rings. The second kappa shape index (κ2) is 10.5. The summed E-state index contributed by atoms with van der Waals surface area (Å²) in [5, 5.41) is 14.5. The Kier molecular flexibility index (Phi) is 7.40. The Morgan fingerprint density at radius 1 is 1.03 bits per heavy atom. The summed E-state index contributed by atoms with van der Waals surface area (Å²) in [4.78, 5) is 35.7. The molecule has 0 bridgehead atoms. The van der Waals surface area contributed by atoms with Gasteiger partial charge in [-0.1, -0.05) is 48.5 Å². The zero-order chi connectivity index (χ0) is 25.0. The molecular weight excluding hydrogens is 448 g/mol. The van der Waals surface area contributed by atoms with Crippen molar-refractivity contribution in [2.75, 3.05) is 13.2 Å². The molecule has 1 saturated heterocycles. The lowest BCUT2D eigenvalue weighted by molar-refractivity contribution is -0.138. The number of ether oxygens (including phenoxy) is 2. The number of alkyl carbamates (subject to hydrolysis) is 1. The third-order valence-electron chi connectivity index (χ3n) is 6.64. The quantitative estimate of drug-likeness (QED) is 0.503. The number of benzene rings is 2. The SMILES string of the molecule is CC(C)(CCC(=O)O)NC(=O)C1CCC(CNC(=O)OCC2c3ccccc3-c3ccccc32)O1. The van der Waals surface area contributed by atoms with Crippen LogP contribution in [0.25, 0.3) is 11.1 Å². The topological polar surface area (TPSA) is 114 Å². The predicted octanol–water partition coefficient (Wildman–Crippen LogP) is 3.83. The Bertz CT molecular complexity index is 1050. The molecule has 1 aliphatic heterocycles. The number of aliphatic carboxylic acids is 1. The van der Waals surface area contributed by atoms with E-state index in [-0.39, 0.29) is 37.5 Å². The first-order valence-electron chi connectivity index (χ1n) is 12.0. The number of carboxylic acid groups (broad SMARTS) is 1. The van der Waals surface area contributed by atoms with Crippen molar-refractivity contribution in [1.29, 1.82) is 0 Å². The van der Waals surface area contributed by atoms with E-state index in [1.807, 2.05) is 24.3 Å². The van der Waals surface area contributed by atoms with Crippen molar-refractivity contribution in [3.63, 3.8) is 0 Å². The van der Waals surface area contributed by atoms with Crippen LogP contribution < -0.4 is 10.6 Å². The molecule has 2 aromatic carbocycles. The fourth-order valence-electron chi connectivity index (χ4n) is 4.79. The van der Waals surface area contributed by atoms with E-state index in [0.717, 1.165) is 11.1 Å². The van der Waals surface area contributed by atoms with E-state index in [2.05, 4.69) is 34.9 Å². The predicted molar refractivity (Wildman–Crippen MR) is 130 cm³/mol. The first kappa shape index (κ1) is 24.7. The van der Waals surface area contributed by atoms with Crippen LogP contribution in [0.3, 0.4) is 0 Å². The smallest absolute Gasteiger partial charge is 0.407 e. The highest BCUT2D eigenvalue weighted by atomic mass is 16.5. The lowest BCUT2D eigenvalue weighted by atomic mass is 9.98. The molecule has 2 amide bonds. The van der Waals surface area contributed by atoms with Crippen LogP contribution >= 0.6 is 0 Å². The molecule has 1 fully saturated rings. The minimum atomic E-state index is -0.899. The van der Waals surface area contributed by atoms with Crippen molar-refractivity contribution >= 4 is 18.0 Å². The molecule has 35 heavy (non-hydrogen) atoms. The van der Waals surface area contributed by atoms with Gasteiger partial charge in [0.05, 0.1) is 6.10 Å². The van der Waals surface area contributed by atoms with Gasteiger partial charge in [0.15, 0.2) is 0 Å². The first-order valence-corrected chi connectivity index (χ1v) is 12.0. The summed E-state index contributed by atoms with van der Waals surface area (Å²) >= 11 is 0. The zero-order valence-corrected chi connectivity index (χ0v) is 20.1. The normalized spacial score (nSPS) is 19.0. The fourth-order valence-corrected chi connectivity index (χ4v) is 4.79. The van der Waals surface area contributed by atoms with E-state index >= 15 is 0 Å². The van der Waals surface area contributed by atoms with Gasteiger partial charge in [-0.05, 0) is 55.4 Å². The average molecular weight is 481 g/mol. The molecular formula is C27H32N2O6. The molecule has 2 aliphatic rings. The number of hydrogen-bond acceptors (Lipinski definition) is 5. The Morgan fingerprint density at radius 2 is 1.66 bits per heavy atom. The van der Waals surface area contributed by atoms with Gasteiger partial charge in [0.25, 0.3) is 0 Å². The molecule has 0 spiro atoms. The molecule has 3 N–H and O–H groups in total. The van der Waals surface area contributed by atoms with Crippen molar-refractivity contribution in [2.24, 2.45) is 0 Å². The number of amides is 2. The second-order valence-corrected chi connectivity index (χ2v) is 9.80. The van der Waals surface area contributed by atoms with Crippen LogP contribution in [0.2, 0.25) is 0 Å². The summed E-state index contributed by atoms with van der Waals surface area (Å²) in [6.07, 6.45) is 0.0637. The van der Waals surface area contributed by atoms with Crippen molar-refractivity contribution in [1.82, 2.24) is 10.6 Å². The van der Waals surface area contributed by atoms with Crippen LogP contribution in [0.15, 0.2) is 48.5 Å². The standard InChI is InChI=1S/C27H32N2O6/c1-27(2,14-13-24(30)31)29-25(32)23-12-11-17(35-23)15-28-26(33)34-16-22-20-9-5-3-7-18(20)19-8-4-6-10-21(19)22/h3-10,17,22-23H,11-16H2,1-2H3,(H,28,33)(H,29,32)(H,30,31). The second-order valence-electron chi connectivity index (χ2n) is 9.80. The Morgan fingerprint density at radius 3 is 2.29 bits per heavy atom. The minimum absolute atomic E-state index is 0.00608. The molecule has 4 rings (SSSR count). The van der Waals surface area contributed by atoms with E-state index in [4.69, 9.17) is 14.6 Å². The molecule has 1 aliphatic carbocycles. The highest BCUT2D eigenvalue weighted by molar-refractivity contribution is 5.82. The van der Waals surface area contributed by atoms with Crippen molar-refractivity contribution in [3.8, 4) is 11.1 Å². The fraction of sp³-hybridized carbons (Fsp3) is 0.444. The molecule has 2 unspecified atom stereocenters. The number of nitrogens with one attached hydrogen (secondary N) is 2. The third-order valence-corrected chi connectivity index (χ3v) is 6.64. The summed E-state index contributed by atoms with van der Waals surface area (Å²) in [6.45, 7) is 4.07. The maximum absolute atomic E-state index is 12.5. The summed E-state index contributed by atoms with van der Waals surface area (Å²) in [5.74, 6) is -1.17. The largest absolute Gasteiger partial charge is 0.481 e. The molecule has 8 nitrogen and oxygen atoms in total. The van der Waals surface area contributed by atoms with Gasteiger partial charge in [-0.15, -0.1) is 0 Å². The van der Waals surface area contributed by atoms with Crippen LogP contribution in [-0.2, 0) is 19.1 Å². The van der Waals surface area contributed by atoms with Gasteiger partial charge >= 0.3 is 12.1 Å². The number of rotatable bonds is 9. The highest BCUT2D eigenvalue weighted by Crippen LogP contribution is 2.44. The lowest BCUT2D eigenvalue weighted by Crippen LogP contribution is -2.48. The zero-order valence-electron chi connectivity index (χ0n) is 20.1. The molecule has 0 radical (unpaired) electrons. The van der Waals surface area contributed by atoms with Crippen LogP contribution in [-0.4, -0.2) is 54.0 Å². The van der Waals surface area contributed by atoms with Gasteiger partial charge in [-0.25, -0.2) is 4.79 Å². The van der Waals surface area contributed by atoms with E-state index in [1.165, 1.54) is 11.1 Å². The average Bonchev–Trinajstić information content (AvgIpc) is 3.43. The number of carbonyl (C=O) groups is 3. The van der Waals surface area contributed by atoms with Gasteiger partial charge in [0, 0.05) is 24.4 Å². The Balaban J connectivity index is 1.22. The van der Waals surface area contributed by atoms with Gasteiger partial charge in [0.1, 0.15) is 12.7 Å². The number of fused-ring (bicyclic) bond motifs is 3. The monoisotopic (exact) mass is 480 g/mol. The highest BCUT2D eigenvalue weighted by Gasteiger charge is 2.34. The number of carbonyl (C=O) groups excluding carboxylic acids is 2. The van der Waals surface area contributed by atoms with E-state index in [9.17, 15) is 14.4 Å². The molecule has 1 heterocycles. The summed E-state index contributed by atoms with van der Waals surface area (Å²) in [5.41, 5.74) is 4.01. The summed E-state index contributed by atoms with van der Waals surface area (Å²) in [6, 6.07) is 16.3. The van der Waals surface area contributed by atoms with Gasteiger partial charge in [0.2, 0.25) is 5.91 Å². The van der Waals surface area contributed by atoms with Gasteiger partial charge in [-0.2, -0.15) is 0 Å². The van der Waals surface area contributed by atoms with Crippen LogP contribution in [0.1, 0.15) is 56.6 Å². The van der Waals surface area contributed by atoms with E-state index in [0.29, 0.717) is 19.3 Å². The molecule has 0 aromatic heterocycles. The number of hydrogen-bond donors (Lipinski definition) is 3. The van der Waals surface area contributed by atoms with Crippen molar-refractivity contribution in [2.45, 2.75) is 63.2 Å². The maximum Gasteiger partial charge on any atom is 0.407 e. The minimum Gasteiger partial charge on any atom is -0.481 e. The van der Waals surface area contributed by atoms with E-state index < -0.39 is 23.7 Å². The third kappa shape index (κ3) is 6.00. The lowest BCUT2D eigenvalue weighted by Gasteiger charge is -2.27. The first-order chi connectivity index (χ1) is 16.7. The molecule has 2 atom stereocenters. The molecule has 0 saturated carbocycles. The van der Waals surface area contributed by atoms with Crippen molar-refractivity contribution < 1.29 is 29.0 Å².